The second kappa shape index (κ2) is 28.3. The van der Waals surface area contributed by atoms with Crippen LogP contribution >= 0.6 is 0 Å². The minimum Gasteiger partial charge on any atom is -0.405 e. The fraction of sp³-hybridized carbons (Fsp3) is 0.463. The summed E-state index contributed by atoms with van der Waals surface area (Å²) in [6.07, 6.45) is 7.20. The van der Waals surface area contributed by atoms with Crippen molar-refractivity contribution in [3.63, 3.8) is 0 Å². The van der Waals surface area contributed by atoms with Crippen molar-refractivity contribution < 1.29 is 0 Å². The molecular weight excluding hydrogens is 591 g/mol. The number of benzene rings is 2. The molecule has 270 valence electrons. The van der Waals surface area contributed by atoms with Gasteiger partial charge < -0.3 is 38.9 Å². The van der Waals surface area contributed by atoms with E-state index in [2.05, 4.69) is 119 Å². The van der Waals surface area contributed by atoms with Gasteiger partial charge in [-0.25, -0.2) is 0 Å². The number of nitrogens with two attached hydrogens (primary N) is 5. The molecule has 1 saturated heterocycles. The van der Waals surface area contributed by atoms with Gasteiger partial charge in [0.1, 0.15) is 0 Å². The van der Waals surface area contributed by atoms with E-state index in [-0.39, 0.29) is 11.5 Å². The Labute approximate surface area is 295 Å². The fourth-order valence-electron chi connectivity index (χ4n) is 4.81. The molecule has 3 rings (SSSR count). The molecule has 1 heterocycles. The predicted octanol–water partition coefficient (Wildman–Crippen LogP) is 6.98. The summed E-state index contributed by atoms with van der Waals surface area (Å²) < 4.78 is 0. The molecular formula is C41H71N7. The molecule has 1 aliphatic heterocycles. The van der Waals surface area contributed by atoms with Gasteiger partial charge in [0.15, 0.2) is 0 Å². The summed E-state index contributed by atoms with van der Waals surface area (Å²) in [5.41, 5.74) is 33.2. The predicted molar refractivity (Wildman–Crippen MR) is 214 cm³/mol. The first-order valence-electron chi connectivity index (χ1n) is 17.2. The van der Waals surface area contributed by atoms with Crippen LogP contribution in [0, 0.1) is 24.7 Å². The van der Waals surface area contributed by atoms with E-state index in [1.165, 1.54) is 29.2 Å². The van der Waals surface area contributed by atoms with Gasteiger partial charge in [-0.15, -0.1) is 0 Å². The average Bonchev–Trinajstić information content (AvgIpc) is 3.05. The van der Waals surface area contributed by atoms with E-state index in [1.807, 2.05) is 31.2 Å². The number of nitrogens with zero attached hydrogens (tertiary/aromatic N) is 1. The third-order valence-electron chi connectivity index (χ3n) is 7.76. The van der Waals surface area contributed by atoms with Crippen LogP contribution in [0.4, 0.5) is 0 Å². The molecule has 2 aromatic rings. The lowest BCUT2D eigenvalue weighted by molar-refractivity contribution is 0.199. The van der Waals surface area contributed by atoms with Gasteiger partial charge >= 0.3 is 0 Å². The van der Waals surface area contributed by atoms with Crippen LogP contribution < -0.4 is 34.0 Å². The van der Waals surface area contributed by atoms with Crippen LogP contribution in [0.3, 0.4) is 0 Å². The number of hydrogen-bond acceptors (Lipinski definition) is 7. The highest BCUT2D eigenvalue weighted by Crippen LogP contribution is 2.30. The molecule has 0 spiro atoms. The number of piperidine rings is 1. The summed E-state index contributed by atoms with van der Waals surface area (Å²) in [7, 11) is 0. The van der Waals surface area contributed by atoms with Crippen LogP contribution in [0.1, 0.15) is 64.5 Å². The number of likely N-dealkylation sites (tertiary alicyclic amines) is 1. The second-order valence-electron chi connectivity index (χ2n) is 12.9. The largest absolute Gasteiger partial charge is 0.405 e. The van der Waals surface area contributed by atoms with Crippen LogP contribution in [-0.4, -0.2) is 43.2 Å². The van der Waals surface area contributed by atoms with Gasteiger partial charge in [-0.1, -0.05) is 125 Å². The van der Waals surface area contributed by atoms with E-state index in [1.54, 1.807) is 0 Å². The average molecular weight is 662 g/mol. The molecule has 0 aromatic heterocycles. The van der Waals surface area contributed by atoms with E-state index in [0.29, 0.717) is 19.0 Å². The van der Waals surface area contributed by atoms with Crippen molar-refractivity contribution in [2.75, 3.05) is 32.7 Å². The summed E-state index contributed by atoms with van der Waals surface area (Å²) in [5, 5.41) is 3.58. The maximum Gasteiger partial charge on any atom is 0.0397 e. The molecule has 2 atom stereocenters. The standard InChI is InChI=1S/C26H43N5.C7H8.C4H10.2C2H5N/c1-20(2)26(29)12-15-31(16-13-26)22(4)24(11-8-14-27)19-30-21(3)25(18-28)17-23-9-6-5-7-10-23;1-7-5-3-2-4-6-7;1-4(2)3;2*1-2-3/h5-7,9-10,24-25,30H,1,3-4,8,11-19,27-29H2,2H3;2-6H,1H3;4H,1-3H3;2*2H,1,3H2. The van der Waals surface area contributed by atoms with Crippen molar-refractivity contribution in [3.05, 3.63) is 134 Å². The highest BCUT2D eigenvalue weighted by Gasteiger charge is 2.33. The van der Waals surface area contributed by atoms with Gasteiger partial charge in [-0.3, -0.25) is 0 Å². The van der Waals surface area contributed by atoms with Gasteiger partial charge in [0.05, 0.1) is 0 Å². The molecule has 1 aliphatic rings. The van der Waals surface area contributed by atoms with E-state index < -0.39 is 0 Å². The van der Waals surface area contributed by atoms with Gasteiger partial charge in [0.25, 0.3) is 0 Å². The lowest BCUT2D eigenvalue weighted by atomic mass is 9.82. The summed E-state index contributed by atoms with van der Waals surface area (Å²) in [6.45, 7) is 33.6. The molecule has 11 N–H and O–H groups in total. The molecule has 0 amide bonds. The van der Waals surface area contributed by atoms with Crippen LogP contribution in [0.2, 0.25) is 0 Å². The van der Waals surface area contributed by atoms with Crippen molar-refractivity contribution >= 4 is 0 Å². The first-order valence-corrected chi connectivity index (χ1v) is 17.2. The zero-order valence-electron chi connectivity index (χ0n) is 31.1. The number of nitrogens with one attached hydrogen (secondary N) is 1. The van der Waals surface area contributed by atoms with Crippen LogP contribution in [0.15, 0.2) is 123 Å². The van der Waals surface area contributed by atoms with Crippen molar-refractivity contribution in [2.24, 2.45) is 46.4 Å². The molecule has 2 aromatic carbocycles. The molecule has 0 radical (unpaired) electrons. The van der Waals surface area contributed by atoms with Gasteiger partial charge in [0.2, 0.25) is 0 Å². The summed E-state index contributed by atoms with van der Waals surface area (Å²) in [6, 6.07) is 20.7. The molecule has 1 fully saturated rings. The highest BCUT2D eigenvalue weighted by atomic mass is 15.2. The smallest absolute Gasteiger partial charge is 0.0397 e. The Morgan fingerprint density at radius 3 is 1.71 bits per heavy atom. The van der Waals surface area contributed by atoms with E-state index in [0.717, 1.165) is 68.9 Å². The first-order chi connectivity index (χ1) is 22.8. The topological polar surface area (TPSA) is 145 Å². The Balaban J connectivity index is 0. The van der Waals surface area contributed by atoms with Crippen molar-refractivity contribution in [2.45, 2.75) is 72.3 Å². The third kappa shape index (κ3) is 21.9. The zero-order chi connectivity index (χ0) is 37.0. The van der Waals surface area contributed by atoms with Gasteiger partial charge in [-0.2, -0.15) is 0 Å². The molecule has 2 unspecified atom stereocenters. The monoisotopic (exact) mass is 662 g/mol. The Kier molecular flexibility index (Phi) is 27.3. The number of aryl methyl sites for hydroxylation is 1. The van der Waals surface area contributed by atoms with Crippen LogP contribution in [0.5, 0.6) is 0 Å². The van der Waals surface area contributed by atoms with Crippen molar-refractivity contribution in [1.29, 1.82) is 0 Å². The second-order valence-corrected chi connectivity index (χ2v) is 12.9. The molecule has 0 saturated carbocycles. The molecule has 0 bridgehead atoms. The van der Waals surface area contributed by atoms with Gasteiger partial charge in [-0.05, 0) is 76.4 Å². The molecule has 0 aliphatic carbocycles. The quantitative estimate of drug-likeness (QED) is 0.127. The molecule has 48 heavy (non-hydrogen) atoms. The van der Waals surface area contributed by atoms with Gasteiger partial charge in [0, 0.05) is 54.9 Å². The SMILES string of the molecule is C=C(NCC(CCCN)C(=C)N1CCC(N)(C(=C)C)CC1)C(CN)Cc1ccccc1.C=CN.C=CN.CC(C)C.Cc1ccccc1. The zero-order valence-corrected chi connectivity index (χ0v) is 31.1. The number of rotatable bonds is 13. The van der Waals surface area contributed by atoms with E-state index in [9.17, 15) is 0 Å². The molecule has 7 heteroatoms. The van der Waals surface area contributed by atoms with Crippen molar-refractivity contribution in [1.82, 2.24) is 10.2 Å². The maximum atomic E-state index is 6.52. The first kappa shape index (κ1) is 46.3. The summed E-state index contributed by atoms with van der Waals surface area (Å²) in [5.74, 6) is 1.35. The fourth-order valence-corrected chi connectivity index (χ4v) is 4.81. The summed E-state index contributed by atoms with van der Waals surface area (Å²) in [4.78, 5) is 2.39. The van der Waals surface area contributed by atoms with E-state index >= 15 is 0 Å². The van der Waals surface area contributed by atoms with Crippen LogP contribution in [0.25, 0.3) is 0 Å². The number of hydrogen-bond donors (Lipinski definition) is 6. The Bertz CT molecular complexity index is 1110. The Hall–Kier alpha value is -3.78. The minimum absolute atomic E-state index is 0.203. The lowest BCUT2D eigenvalue weighted by Gasteiger charge is -2.43. The molecule has 7 nitrogen and oxygen atoms in total. The maximum absolute atomic E-state index is 6.52. The van der Waals surface area contributed by atoms with Crippen LogP contribution in [-0.2, 0) is 6.42 Å². The normalized spacial score (nSPS) is 13.9. The third-order valence-corrected chi connectivity index (χ3v) is 7.76. The lowest BCUT2D eigenvalue weighted by Crippen LogP contribution is -2.51. The highest BCUT2D eigenvalue weighted by molar-refractivity contribution is 5.19. The van der Waals surface area contributed by atoms with Crippen molar-refractivity contribution in [3.8, 4) is 0 Å². The Morgan fingerprint density at radius 2 is 1.33 bits per heavy atom. The minimum atomic E-state index is -0.248. The van der Waals surface area contributed by atoms with E-state index in [4.69, 9.17) is 17.2 Å². The Morgan fingerprint density at radius 1 is 0.875 bits per heavy atom. The summed E-state index contributed by atoms with van der Waals surface area (Å²) >= 11 is 0.